The lowest BCUT2D eigenvalue weighted by Gasteiger charge is -2.35. The SMILES string of the molecule is NCC1CC(n2cc(-c3cccc(OCc4ccccc4)c3)c3cnc(N)nc32)C1. The summed E-state index contributed by atoms with van der Waals surface area (Å²) >= 11 is 0. The summed E-state index contributed by atoms with van der Waals surface area (Å²) in [5.74, 6) is 1.72. The van der Waals surface area contributed by atoms with Crippen molar-refractivity contribution in [1.29, 1.82) is 0 Å². The molecule has 30 heavy (non-hydrogen) atoms. The zero-order chi connectivity index (χ0) is 20.5. The van der Waals surface area contributed by atoms with Crippen LogP contribution in [0.15, 0.2) is 67.0 Å². The van der Waals surface area contributed by atoms with Crippen LogP contribution in [-0.4, -0.2) is 21.1 Å². The van der Waals surface area contributed by atoms with E-state index in [0.29, 0.717) is 24.5 Å². The first-order valence-electron chi connectivity index (χ1n) is 10.3. The van der Waals surface area contributed by atoms with E-state index in [0.717, 1.165) is 52.9 Å². The van der Waals surface area contributed by atoms with Crippen LogP contribution >= 0.6 is 0 Å². The van der Waals surface area contributed by atoms with E-state index in [1.165, 1.54) is 0 Å². The Kier molecular flexibility index (Phi) is 4.85. The van der Waals surface area contributed by atoms with Gasteiger partial charge >= 0.3 is 0 Å². The van der Waals surface area contributed by atoms with Crippen molar-refractivity contribution in [1.82, 2.24) is 14.5 Å². The van der Waals surface area contributed by atoms with Gasteiger partial charge in [0.2, 0.25) is 5.95 Å². The van der Waals surface area contributed by atoms with Gasteiger partial charge in [-0.05, 0) is 48.6 Å². The fourth-order valence-electron chi connectivity index (χ4n) is 4.17. The first kappa shape index (κ1) is 18.6. The van der Waals surface area contributed by atoms with Crippen molar-refractivity contribution in [2.45, 2.75) is 25.5 Å². The van der Waals surface area contributed by atoms with Crippen LogP contribution < -0.4 is 16.2 Å². The number of hydrogen-bond donors (Lipinski definition) is 2. The molecule has 1 aliphatic rings. The highest BCUT2D eigenvalue weighted by atomic mass is 16.5. The molecular weight excluding hydrogens is 374 g/mol. The fraction of sp³-hybridized carbons (Fsp3) is 0.250. The topological polar surface area (TPSA) is 92.0 Å². The lowest BCUT2D eigenvalue weighted by atomic mass is 9.80. The maximum atomic E-state index is 6.03. The van der Waals surface area contributed by atoms with Crippen molar-refractivity contribution in [2.24, 2.45) is 11.7 Å². The van der Waals surface area contributed by atoms with E-state index >= 15 is 0 Å². The summed E-state index contributed by atoms with van der Waals surface area (Å²) < 4.78 is 8.27. The molecular formula is C24H25N5O. The van der Waals surface area contributed by atoms with Crippen LogP contribution in [0.5, 0.6) is 5.75 Å². The summed E-state index contributed by atoms with van der Waals surface area (Å²) in [6.07, 6.45) is 6.14. The van der Waals surface area contributed by atoms with Gasteiger partial charge in [0.05, 0.1) is 0 Å². The van der Waals surface area contributed by atoms with Crippen LogP contribution in [0.1, 0.15) is 24.4 Å². The second-order valence-electron chi connectivity index (χ2n) is 7.94. The average molecular weight is 399 g/mol. The minimum absolute atomic E-state index is 0.294. The van der Waals surface area contributed by atoms with Gasteiger partial charge in [0, 0.05) is 29.4 Å². The molecule has 2 aromatic carbocycles. The number of rotatable bonds is 6. The molecule has 0 unspecified atom stereocenters. The molecule has 1 saturated carbocycles. The zero-order valence-electron chi connectivity index (χ0n) is 16.7. The van der Waals surface area contributed by atoms with Crippen LogP contribution in [0.4, 0.5) is 5.95 Å². The molecule has 0 atom stereocenters. The van der Waals surface area contributed by atoms with Crippen LogP contribution in [0, 0.1) is 5.92 Å². The number of nitrogens with zero attached hydrogens (tertiary/aromatic N) is 3. The third-order valence-electron chi connectivity index (χ3n) is 5.92. The summed E-state index contributed by atoms with van der Waals surface area (Å²) in [6.45, 7) is 1.27. The van der Waals surface area contributed by atoms with Crippen molar-refractivity contribution in [3.8, 4) is 16.9 Å². The maximum Gasteiger partial charge on any atom is 0.221 e. The van der Waals surface area contributed by atoms with Crippen molar-refractivity contribution < 1.29 is 4.74 Å². The smallest absolute Gasteiger partial charge is 0.221 e. The molecule has 2 heterocycles. The Morgan fingerprint density at radius 2 is 1.90 bits per heavy atom. The van der Waals surface area contributed by atoms with E-state index in [4.69, 9.17) is 16.2 Å². The van der Waals surface area contributed by atoms with E-state index < -0.39 is 0 Å². The molecule has 4 N–H and O–H groups in total. The monoisotopic (exact) mass is 399 g/mol. The highest BCUT2D eigenvalue weighted by Gasteiger charge is 2.31. The molecule has 4 aromatic rings. The standard InChI is InChI=1S/C24H25N5O/c25-12-17-9-19(10-17)29-14-22(21-13-27-24(26)28-23(21)29)18-7-4-8-20(11-18)30-15-16-5-2-1-3-6-16/h1-8,11,13-14,17,19H,9-10,12,15,25H2,(H2,26,27,28). The number of ether oxygens (including phenoxy) is 1. The quantitative estimate of drug-likeness (QED) is 0.508. The molecule has 0 amide bonds. The molecule has 0 saturated heterocycles. The Morgan fingerprint density at radius 1 is 1.07 bits per heavy atom. The van der Waals surface area contributed by atoms with Gasteiger partial charge in [-0.3, -0.25) is 0 Å². The van der Waals surface area contributed by atoms with Crippen LogP contribution in [-0.2, 0) is 6.61 Å². The highest BCUT2D eigenvalue weighted by Crippen LogP contribution is 2.41. The van der Waals surface area contributed by atoms with E-state index in [1.54, 1.807) is 0 Å². The molecule has 2 aromatic heterocycles. The van der Waals surface area contributed by atoms with Gasteiger partial charge in [-0.25, -0.2) is 4.98 Å². The van der Waals surface area contributed by atoms with E-state index in [9.17, 15) is 0 Å². The van der Waals surface area contributed by atoms with Crippen LogP contribution in [0.3, 0.4) is 0 Å². The first-order chi connectivity index (χ1) is 14.7. The number of nitrogen functional groups attached to an aromatic ring is 1. The zero-order valence-corrected chi connectivity index (χ0v) is 16.7. The Labute approximate surface area is 175 Å². The van der Waals surface area contributed by atoms with E-state index in [1.807, 2.05) is 36.5 Å². The fourth-order valence-corrected chi connectivity index (χ4v) is 4.17. The van der Waals surface area contributed by atoms with Gasteiger partial charge in [-0.15, -0.1) is 0 Å². The second kappa shape index (κ2) is 7.80. The van der Waals surface area contributed by atoms with Crippen molar-refractivity contribution >= 4 is 17.0 Å². The Balaban J connectivity index is 1.47. The van der Waals surface area contributed by atoms with Crippen molar-refractivity contribution in [3.63, 3.8) is 0 Å². The largest absolute Gasteiger partial charge is 0.489 e. The summed E-state index contributed by atoms with van der Waals surface area (Å²) in [5.41, 5.74) is 15.9. The summed E-state index contributed by atoms with van der Waals surface area (Å²) in [4.78, 5) is 8.78. The molecule has 152 valence electrons. The van der Waals surface area contributed by atoms with Crippen LogP contribution in [0.25, 0.3) is 22.2 Å². The average Bonchev–Trinajstić information content (AvgIpc) is 3.11. The van der Waals surface area contributed by atoms with Crippen LogP contribution in [0.2, 0.25) is 0 Å². The normalized spacial score (nSPS) is 18.3. The third kappa shape index (κ3) is 3.50. The van der Waals surface area contributed by atoms with Crippen molar-refractivity contribution in [3.05, 3.63) is 72.6 Å². The van der Waals surface area contributed by atoms with Gasteiger partial charge < -0.3 is 20.8 Å². The Hall–Kier alpha value is -3.38. The molecule has 0 bridgehead atoms. The summed E-state index contributed by atoms with van der Waals surface area (Å²) in [6, 6.07) is 18.7. The van der Waals surface area contributed by atoms with E-state index in [-0.39, 0.29) is 0 Å². The number of benzene rings is 2. The third-order valence-corrected chi connectivity index (χ3v) is 5.92. The molecule has 0 spiro atoms. The number of nitrogens with two attached hydrogens (primary N) is 2. The minimum Gasteiger partial charge on any atom is -0.489 e. The maximum absolute atomic E-state index is 6.03. The highest BCUT2D eigenvalue weighted by molar-refractivity contribution is 5.94. The Morgan fingerprint density at radius 3 is 2.70 bits per heavy atom. The molecule has 1 fully saturated rings. The summed E-state index contributed by atoms with van der Waals surface area (Å²) in [5, 5.41) is 1.00. The van der Waals surface area contributed by atoms with Gasteiger partial charge in [0.1, 0.15) is 18.0 Å². The molecule has 0 aliphatic heterocycles. The lowest BCUT2D eigenvalue weighted by Crippen LogP contribution is -2.31. The second-order valence-corrected chi connectivity index (χ2v) is 7.94. The predicted octanol–water partition coefficient (Wildman–Crippen LogP) is 4.17. The Bertz CT molecular complexity index is 1160. The molecule has 6 heteroatoms. The lowest BCUT2D eigenvalue weighted by molar-refractivity contribution is 0.209. The minimum atomic E-state index is 0.294. The predicted molar refractivity (Wildman–Crippen MR) is 119 cm³/mol. The van der Waals surface area contributed by atoms with E-state index in [2.05, 4.69) is 45.0 Å². The molecule has 6 nitrogen and oxygen atoms in total. The molecule has 0 radical (unpaired) electrons. The van der Waals surface area contributed by atoms with Crippen molar-refractivity contribution in [2.75, 3.05) is 12.3 Å². The number of anilines is 1. The first-order valence-corrected chi connectivity index (χ1v) is 10.3. The molecule has 5 rings (SSSR count). The number of fused-ring (bicyclic) bond motifs is 1. The van der Waals surface area contributed by atoms with Gasteiger partial charge in [-0.1, -0.05) is 42.5 Å². The number of hydrogen-bond acceptors (Lipinski definition) is 5. The van der Waals surface area contributed by atoms with Gasteiger partial charge in [-0.2, -0.15) is 4.98 Å². The summed E-state index contributed by atoms with van der Waals surface area (Å²) in [7, 11) is 0. The molecule has 1 aliphatic carbocycles. The number of aromatic nitrogens is 3. The van der Waals surface area contributed by atoms with Gasteiger partial charge in [0.15, 0.2) is 0 Å². The van der Waals surface area contributed by atoms with Gasteiger partial charge in [0.25, 0.3) is 0 Å².